The average Bonchev–Trinajstić information content (AvgIpc) is 2.06. The fraction of sp³-hybridized carbons (Fsp3) is 1.00. The molecule has 0 spiro atoms. The normalized spacial score (nSPS) is 11.0. The van der Waals surface area contributed by atoms with Crippen molar-refractivity contribution in [1.29, 1.82) is 0 Å². The number of hydrogen-bond donors (Lipinski definition) is 2. The van der Waals surface area contributed by atoms with Gasteiger partial charge < -0.3 is 16.4 Å². The van der Waals surface area contributed by atoms with Gasteiger partial charge in [-0.2, -0.15) is 0 Å². The molecule has 0 rings (SSSR count). The molecule has 0 radical (unpaired) electrons. The van der Waals surface area contributed by atoms with Crippen LogP contribution in [-0.2, 0) is 0 Å². The molecule has 0 aromatic heterocycles. The first-order chi connectivity index (χ1) is 5.85. The number of nitrogens with two attached hydrogens (primary N) is 2. The summed E-state index contributed by atoms with van der Waals surface area (Å²) in [7, 11) is 0. The van der Waals surface area contributed by atoms with E-state index in [0.29, 0.717) is 0 Å². The Morgan fingerprint density at radius 3 is 1.92 bits per heavy atom. The predicted molar refractivity (Wildman–Crippen MR) is 54.1 cm³/mol. The Hall–Kier alpha value is -0.120. The summed E-state index contributed by atoms with van der Waals surface area (Å²) in [5, 5.41) is 0. The molecule has 0 heterocycles. The molecule has 0 unspecified atom stereocenters. The lowest BCUT2D eigenvalue weighted by molar-refractivity contribution is 0.282. The van der Waals surface area contributed by atoms with Gasteiger partial charge in [0.15, 0.2) is 0 Å². The first-order valence-corrected chi connectivity index (χ1v) is 4.97. The molecule has 3 nitrogen and oxygen atoms in total. The molecular formula is C9H23N3. The lowest BCUT2D eigenvalue weighted by atomic mass is 10.2. The van der Waals surface area contributed by atoms with Crippen LogP contribution in [0.5, 0.6) is 0 Å². The summed E-state index contributed by atoms with van der Waals surface area (Å²) in [6, 6.07) is 0. The third-order valence-electron chi connectivity index (χ3n) is 1.97. The van der Waals surface area contributed by atoms with Crippen molar-refractivity contribution >= 4 is 0 Å². The second-order valence-electron chi connectivity index (χ2n) is 3.13. The Bertz CT molecular complexity index is 79.8. The summed E-state index contributed by atoms with van der Waals surface area (Å²) in [6.07, 6.45) is 3.86. The third-order valence-corrected chi connectivity index (χ3v) is 1.97. The number of rotatable bonds is 8. The van der Waals surface area contributed by atoms with E-state index in [-0.39, 0.29) is 0 Å². The van der Waals surface area contributed by atoms with Crippen LogP contribution in [0, 0.1) is 0 Å². The highest BCUT2D eigenvalue weighted by molar-refractivity contribution is 4.58. The number of hydrogen-bond acceptors (Lipinski definition) is 3. The SMILES string of the molecule is CCCCCN(CCN)CCN. The Labute approximate surface area is 76.1 Å². The smallest absolute Gasteiger partial charge is 0.0105 e. The van der Waals surface area contributed by atoms with Crippen LogP contribution in [0.4, 0.5) is 0 Å². The first kappa shape index (κ1) is 11.9. The van der Waals surface area contributed by atoms with E-state index >= 15 is 0 Å². The monoisotopic (exact) mass is 173 g/mol. The van der Waals surface area contributed by atoms with E-state index in [1.54, 1.807) is 0 Å². The molecule has 0 aromatic rings. The topological polar surface area (TPSA) is 55.3 Å². The molecule has 74 valence electrons. The van der Waals surface area contributed by atoms with Crippen LogP contribution < -0.4 is 11.5 Å². The summed E-state index contributed by atoms with van der Waals surface area (Å²) in [6.45, 7) is 6.83. The molecule has 0 saturated carbocycles. The molecule has 0 aliphatic rings. The second kappa shape index (κ2) is 8.97. The van der Waals surface area contributed by atoms with Gasteiger partial charge in [-0.3, -0.25) is 0 Å². The summed E-state index contributed by atoms with van der Waals surface area (Å²) in [5.74, 6) is 0. The lowest BCUT2D eigenvalue weighted by Crippen LogP contribution is -2.34. The maximum absolute atomic E-state index is 5.48. The molecule has 4 N–H and O–H groups in total. The average molecular weight is 173 g/mol. The van der Waals surface area contributed by atoms with E-state index in [4.69, 9.17) is 11.5 Å². The maximum atomic E-state index is 5.48. The van der Waals surface area contributed by atoms with Crippen molar-refractivity contribution in [3.05, 3.63) is 0 Å². The van der Waals surface area contributed by atoms with Gasteiger partial charge in [0.05, 0.1) is 0 Å². The zero-order valence-electron chi connectivity index (χ0n) is 8.26. The summed E-state index contributed by atoms with van der Waals surface area (Å²) < 4.78 is 0. The quantitative estimate of drug-likeness (QED) is 0.522. The van der Waals surface area contributed by atoms with Gasteiger partial charge in [-0.25, -0.2) is 0 Å². The highest BCUT2D eigenvalue weighted by Gasteiger charge is 2.00. The van der Waals surface area contributed by atoms with E-state index in [0.717, 1.165) is 32.7 Å². The summed E-state index contributed by atoms with van der Waals surface area (Å²) >= 11 is 0. The zero-order valence-corrected chi connectivity index (χ0v) is 8.26. The Kier molecular flexibility index (Phi) is 8.88. The molecule has 0 atom stereocenters. The van der Waals surface area contributed by atoms with Gasteiger partial charge in [-0.05, 0) is 13.0 Å². The van der Waals surface area contributed by atoms with Crippen LogP contribution in [0.1, 0.15) is 26.2 Å². The van der Waals surface area contributed by atoms with Crippen molar-refractivity contribution in [1.82, 2.24) is 4.90 Å². The van der Waals surface area contributed by atoms with Gasteiger partial charge in [0, 0.05) is 26.2 Å². The van der Waals surface area contributed by atoms with Crippen molar-refractivity contribution in [2.45, 2.75) is 26.2 Å². The highest BCUT2D eigenvalue weighted by Crippen LogP contribution is 1.96. The van der Waals surface area contributed by atoms with Gasteiger partial charge >= 0.3 is 0 Å². The van der Waals surface area contributed by atoms with Crippen molar-refractivity contribution in [2.24, 2.45) is 11.5 Å². The van der Waals surface area contributed by atoms with Gasteiger partial charge in [-0.15, -0.1) is 0 Å². The van der Waals surface area contributed by atoms with Crippen molar-refractivity contribution in [3.63, 3.8) is 0 Å². The molecule has 0 saturated heterocycles. The first-order valence-electron chi connectivity index (χ1n) is 4.97. The van der Waals surface area contributed by atoms with Gasteiger partial charge in [0.25, 0.3) is 0 Å². The minimum absolute atomic E-state index is 0.742. The highest BCUT2D eigenvalue weighted by atomic mass is 15.1. The molecule has 0 bridgehead atoms. The summed E-state index contributed by atoms with van der Waals surface area (Å²) in [5.41, 5.74) is 11.0. The van der Waals surface area contributed by atoms with E-state index < -0.39 is 0 Å². The van der Waals surface area contributed by atoms with Gasteiger partial charge in [0.2, 0.25) is 0 Å². The van der Waals surface area contributed by atoms with Crippen LogP contribution in [0.3, 0.4) is 0 Å². The predicted octanol–water partition coefficient (Wildman–Crippen LogP) is 0.396. The van der Waals surface area contributed by atoms with E-state index in [2.05, 4.69) is 11.8 Å². The molecule has 0 aromatic carbocycles. The molecule has 0 aliphatic carbocycles. The molecule has 12 heavy (non-hydrogen) atoms. The van der Waals surface area contributed by atoms with Gasteiger partial charge in [-0.1, -0.05) is 19.8 Å². The Morgan fingerprint density at radius 1 is 0.917 bits per heavy atom. The van der Waals surface area contributed by atoms with Crippen molar-refractivity contribution in [2.75, 3.05) is 32.7 Å². The van der Waals surface area contributed by atoms with Crippen molar-refractivity contribution < 1.29 is 0 Å². The summed E-state index contributed by atoms with van der Waals surface area (Å²) in [4.78, 5) is 2.34. The number of unbranched alkanes of at least 4 members (excludes halogenated alkanes) is 2. The largest absolute Gasteiger partial charge is 0.329 e. The van der Waals surface area contributed by atoms with Crippen LogP contribution >= 0.6 is 0 Å². The second-order valence-corrected chi connectivity index (χ2v) is 3.13. The van der Waals surface area contributed by atoms with Crippen LogP contribution in [0.25, 0.3) is 0 Å². The zero-order chi connectivity index (χ0) is 9.23. The number of nitrogens with zero attached hydrogens (tertiary/aromatic N) is 1. The van der Waals surface area contributed by atoms with E-state index in [1.807, 2.05) is 0 Å². The third kappa shape index (κ3) is 6.58. The molecule has 0 aliphatic heterocycles. The van der Waals surface area contributed by atoms with E-state index in [1.165, 1.54) is 19.3 Å². The Balaban J connectivity index is 3.34. The standard InChI is InChI=1S/C9H23N3/c1-2-3-4-7-12(8-5-10)9-6-11/h2-11H2,1H3. The molecule has 3 heteroatoms. The van der Waals surface area contributed by atoms with E-state index in [9.17, 15) is 0 Å². The minimum atomic E-state index is 0.742. The van der Waals surface area contributed by atoms with Crippen molar-refractivity contribution in [3.8, 4) is 0 Å². The molecular weight excluding hydrogens is 150 g/mol. The molecule has 0 amide bonds. The fourth-order valence-electron chi connectivity index (χ4n) is 1.29. The lowest BCUT2D eigenvalue weighted by Gasteiger charge is -2.20. The fourth-order valence-corrected chi connectivity index (χ4v) is 1.29. The minimum Gasteiger partial charge on any atom is -0.329 e. The molecule has 0 fully saturated rings. The van der Waals surface area contributed by atoms with Crippen LogP contribution in [0.15, 0.2) is 0 Å². The van der Waals surface area contributed by atoms with Gasteiger partial charge in [0.1, 0.15) is 0 Å². The Morgan fingerprint density at radius 2 is 1.50 bits per heavy atom. The maximum Gasteiger partial charge on any atom is 0.0105 e. The van der Waals surface area contributed by atoms with Crippen LogP contribution in [-0.4, -0.2) is 37.6 Å². The van der Waals surface area contributed by atoms with Crippen LogP contribution in [0.2, 0.25) is 0 Å².